The van der Waals surface area contributed by atoms with Crippen molar-refractivity contribution in [3.8, 4) is 0 Å². The quantitative estimate of drug-likeness (QED) is 0.542. The van der Waals surface area contributed by atoms with Crippen molar-refractivity contribution in [2.24, 2.45) is 0 Å². The van der Waals surface area contributed by atoms with Crippen molar-refractivity contribution >= 4 is 29.4 Å². The van der Waals surface area contributed by atoms with Gasteiger partial charge in [-0.1, -0.05) is 66.2 Å². The van der Waals surface area contributed by atoms with E-state index in [4.69, 9.17) is 16.3 Å². The van der Waals surface area contributed by atoms with E-state index < -0.39 is 6.10 Å². The van der Waals surface area contributed by atoms with Crippen molar-refractivity contribution in [1.29, 1.82) is 0 Å². The third-order valence-corrected chi connectivity index (χ3v) is 5.42. The number of halogens is 1. The first kappa shape index (κ1) is 23.5. The lowest BCUT2D eigenvalue weighted by Gasteiger charge is -2.23. The van der Waals surface area contributed by atoms with Crippen molar-refractivity contribution < 1.29 is 19.1 Å². The third kappa shape index (κ3) is 7.54. The average Bonchev–Trinajstić information content (AvgIpc) is 2.80. The highest BCUT2D eigenvalue weighted by Gasteiger charge is 2.22. The number of rotatable bonds is 5. The summed E-state index contributed by atoms with van der Waals surface area (Å²) in [4.78, 5) is 39.1. The predicted octanol–water partition coefficient (Wildman–Crippen LogP) is 4.20. The maximum atomic E-state index is 12.9. The monoisotopic (exact) mass is 454 g/mol. The highest BCUT2D eigenvalue weighted by Crippen LogP contribution is 2.24. The van der Waals surface area contributed by atoms with Gasteiger partial charge in [-0.05, 0) is 36.1 Å². The molecular weight excluding hydrogens is 428 g/mol. The van der Waals surface area contributed by atoms with Crippen LogP contribution in [0.5, 0.6) is 0 Å². The number of esters is 1. The number of carbonyl (C=O) groups is 3. The molecule has 2 amide bonds. The topological polar surface area (TPSA) is 75.7 Å². The van der Waals surface area contributed by atoms with Gasteiger partial charge in [-0.3, -0.25) is 14.4 Å². The lowest BCUT2D eigenvalue weighted by molar-refractivity contribution is -0.150. The van der Waals surface area contributed by atoms with E-state index in [9.17, 15) is 14.4 Å². The van der Waals surface area contributed by atoms with E-state index in [0.717, 1.165) is 11.1 Å². The van der Waals surface area contributed by atoms with Crippen LogP contribution in [-0.2, 0) is 25.7 Å². The molecule has 0 aliphatic carbocycles. The number of benzene rings is 2. The molecule has 1 N–H and O–H groups in total. The van der Waals surface area contributed by atoms with Crippen LogP contribution < -0.4 is 5.32 Å². The minimum absolute atomic E-state index is 0.0352. The Balaban J connectivity index is 1.62. The van der Waals surface area contributed by atoms with E-state index in [1.54, 1.807) is 12.1 Å². The van der Waals surface area contributed by atoms with Gasteiger partial charge < -0.3 is 15.0 Å². The van der Waals surface area contributed by atoms with Crippen molar-refractivity contribution in [3.05, 3.63) is 82.9 Å². The van der Waals surface area contributed by atoms with Gasteiger partial charge in [-0.2, -0.15) is 0 Å². The molecule has 1 aliphatic rings. The molecule has 168 valence electrons. The summed E-state index contributed by atoms with van der Waals surface area (Å²) in [5.41, 5.74) is 1.78. The number of hydrogen-bond donors (Lipinski definition) is 1. The Morgan fingerprint density at radius 1 is 1.03 bits per heavy atom. The SMILES string of the molecule is O=C(CN1C/C=C/CCC(=O)OC(c2ccccc2)CCC1=O)NCc1ccc(Cl)cc1. The van der Waals surface area contributed by atoms with E-state index >= 15 is 0 Å². The van der Waals surface area contributed by atoms with Crippen LogP contribution in [0.1, 0.15) is 42.9 Å². The lowest BCUT2D eigenvalue weighted by atomic mass is 10.0. The highest BCUT2D eigenvalue weighted by atomic mass is 35.5. The van der Waals surface area contributed by atoms with Crippen LogP contribution in [0.2, 0.25) is 5.02 Å². The Morgan fingerprint density at radius 3 is 2.53 bits per heavy atom. The van der Waals surface area contributed by atoms with Crippen LogP contribution in [0.25, 0.3) is 0 Å². The number of ether oxygens (including phenoxy) is 1. The van der Waals surface area contributed by atoms with Gasteiger partial charge in [-0.15, -0.1) is 0 Å². The molecule has 32 heavy (non-hydrogen) atoms. The molecule has 0 saturated carbocycles. The Bertz CT molecular complexity index is 944. The second-order valence-corrected chi connectivity index (χ2v) is 8.05. The van der Waals surface area contributed by atoms with E-state index in [0.29, 0.717) is 31.0 Å². The maximum Gasteiger partial charge on any atom is 0.306 e. The molecule has 3 rings (SSSR count). The molecule has 1 aliphatic heterocycles. The smallest absolute Gasteiger partial charge is 0.306 e. The number of nitrogens with zero attached hydrogens (tertiary/aromatic N) is 1. The molecule has 7 heteroatoms. The molecule has 1 heterocycles. The number of carbonyl (C=O) groups excluding carboxylic acids is 3. The lowest BCUT2D eigenvalue weighted by Crippen LogP contribution is -2.40. The third-order valence-electron chi connectivity index (χ3n) is 5.16. The van der Waals surface area contributed by atoms with Crippen molar-refractivity contribution in [2.45, 2.75) is 38.3 Å². The first-order valence-corrected chi connectivity index (χ1v) is 11.1. The molecule has 0 aromatic heterocycles. The minimum atomic E-state index is -0.489. The molecule has 0 spiro atoms. The van der Waals surface area contributed by atoms with Gasteiger partial charge in [0.05, 0.1) is 6.54 Å². The second-order valence-electron chi connectivity index (χ2n) is 7.62. The van der Waals surface area contributed by atoms with Crippen LogP contribution in [-0.4, -0.2) is 35.8 Å². The molecule has 0 bridgehead atoms. The summed E-state index contributed by atoms with van der Waals surface area (Å²) in [6.07, 6.45) is 4.49. The van der Waals surface area contributed by atoms with E-state index in [2.05, 4.69) is 5.32 Å². The maximum absolute atomic E-state index is 12.9. The summed E-state index contributed by atoms with van der Waals surface area (Å²) in [6.45, 7) is 0.644. The second kappa shape index (κ2) is 12.1. The van der Waals surface area contributed by atoms with Gasteiger partial charge in [0, 0.05) is 31.0 Å². The summed E-state index contributed by atoms with van der Waals surface area (Å²) < 4.78 is 5.64. The molecular formula is C25H27ClN2O4. The molecule has 2 aromatic rings. The standard InChI is InChI=1S/C25H27ClN2O4/c26-21-12-10-19(11-13-21)17-27-23(29)18-28-16-6-2-5-9-25(31)32-22(14-15-24(28)30)20-7-3-1-4-8-20/h1-4,6-8,10-13,22H,5,9,14-18H2,(H,27,29)/b6-2+. The zero-order valence-electron chi connectivity index (χ0n) is 17.8. The Hall–Kier alpha value is -3.12. The fourth-order valence-corrected chi connectivity index (χ4v) is 3.53. The summed E-state index contributed by atoms with van der Waals surface area (Å²) >= 11 is 5.89. The van der Waals surface area contributed by atoms with Crippen LogP contribution >= 0.6 is 11.6 Å². The number of nitrogens with one attached hydrogen (secondary N) is 1. The summed E-state index contributed by atoms with van der Waals surface area (Å²) in [6, 6.07) is 16.6. The normalized spacial score (nSPS) is 18.8. The van der Waals surface area contributed by atoms with Crippen LogP contribution in [0.15, 0.2) is 66.7 Å². The van der Waals surface area contributed by atoms with Gasteiger partial charge in [0.1, 0.15) is 6.10 Å². The number of hydrogen-bond acceptors (Lipinski definition) is 4. The van der Waals surface area contributed by atoms with Gasteiger partial charge >= 0.3 is 5.97 Å². The first-order valence-electron chi connectivity index (χ1n) is 10.7. The summed E-state index contributed by atoms with van der Waals surface area (Å²) in [5, 5.41) is 3.48. The Labute approximate surface area is 193 Å². The predicted molar refractivity (Wildman–Crippen MR) is 123 cm³/mol. The Morgan fingerprint density at radius 2 is 1.78 bits per heavy atom. The van der Waals surface area contributed by atoms with Crippen molar-refractivity contribution in [3.63, 3.8) is 0 Å². The van der Waals surface area contributed by atoms with Crippen molar-refractivity contribution in [1.82, 2.24) is 10.2 Å². The van der Waals surface area contributed by atoms with Gasteiger partial charge in [0.25, 0.3) is 0 Å². The molecule has 0 saturated heterocycles. The zero-order valence-corrected chi connectivity index (χ0v) is 18.6. The summed E-state index contributed by atoms with van der Waals surface area (Å²) in [7, 11) is 0. The summed E-state index contributed by atoms with van der Waals surface area (Å²) in [5.74, 6) is -0.677. The molecule has 1 unspecified atom stereocenters. The Kier molecular flexibility index (Phi) is 8.87. The molecule has 0 radical (unpaired) electrons. The van der Waals surface area contributed by atoms with Crippen LogP contribution in [0.3, 0.4) is 0 Å². The highest BCUT2D eigenvalue weighted by molar-refractivity contribution is 6.30. The van der Waals surface area contributed by atoms with E-state index in [1.807, 2.05) is 54.6 Å². The fraction of sp³-hybridized carbons (Fsp3) is 0.320. The van der Waals surface area contributed by atoms with Gasteiger partial charge in [0.15, 0.2) is 0 Å². The fourth-order valence-electron chi connectivity index (χ4n) is 3.40. The molecule has 1 atom stereocenters. The number of amides is 2. The zero-order chi connectivity index (χ0) is 22.8. The first-order chi connectivity index (χ1) is 15.5. The largest absolute Gasteiger partial charge is 0.457 e. The van der Waals surface area contributed by atoms with Gasteiger partial charge in [0.2, 0.25) is 11.8 Å². The van der Waals surface area contributed by atoms with Crippen molar-refractivity contribution in [2.75, 3.05) is 13.1 Å². The van der Waals surface area contributed by atoms with Crippen LogP contribution in [0, 0.1) is 0 Å². The average molecular weight is 455 g/mol. The van der Waals surface area contributed by atoms with Gasteiger partial charge in [-0.25, -0.2) is 0 Å². The van der Waals surface area contributed by atoms with E-state index in [-0.39, 0.29) is 37.2 Å². The minimum Gasteiger partial charge on any atom is -0.457 e. The molecule has 2 aromatic carbocycles. The van der Waals surface area contributed by atoms with Crippen LogP contribution in [0.4, 0.5) is 0 Å². The number of cyclic esters (lactones) is 1. The number of allylic oxidation sites excluding steroid dienone is 1. The van der Waals surface area contributed by atoms with E-state index in [1.165, 1.54) is 4.90 Å². The molecule has 0 fully saturated rings. The molecule has 6 nitrogen and oxygen atoms in total.